The first kappa shape index (κ1) is 28.9. The number of nitrogens with one attached hydrogen (secondary N) is 3. The van der Waals surface area contributed by atoms with E-state index in [1.807, 2.05) is 48.6 Å². The largest absolute Gasteiger partial charge is 0.493 e. The first-order valence-electron chi connectivity index (χ1n) is 11.5. The fourth-order valence-corrected chi connectivity index (χ4v) is 4.32. The molecule has 3 aromatic carbocycles. The lowest BCUT2D eigenvalue weighted by Crippen LogP contribution is -2.32. The van der Waals surface area contributed by atoms with Gasteiger partial charge in [-0.25, -0.2) is 5.43 Å². The average Bonchev–Trinajstić information content (AvgIpc) is 2.90. The molecule has 0 saturated heterocycles. The van der Waals surface area contributed by atoms with Crippen LogP contribution in [0.3, 0.4) is 0 Å². The summed E-state index contributed by atoms with van der Waals surface area (Å²) in [5, 5.41) is 9.78. The highest BCUT2D eigenvalue weighted by Crippen LogP contribution is 2.33. The number of aryl methyl sites for hydroxylation is 1. The molecule has 0 aromatic heterocycles. The zero-order chi connectivity index (χ0) is 27.7. The third-order valence-electron chi connectivity index (χ3n) is 5.37. The molecule has 0 aliphatic heterocycles. The standard InChI is InChI=1S/C27H26ClIN4O5/c1-4-18-8-5-6-10-22(18)32-26(35)27(36)33-30-14-17-12-20(29)25(23(13-17)37-3)38-15-24(34)31-21-11-7-9-19(28)16(21)2/h5-14H,4,15H2,1-3H3,(H,31,34)(H,32,35)(H,33,36)/b30-14-. The summed E-state index contributed by atoms with van der Waals surface area (Å²) in [5.74, 6) is -1.35. The van der Waals surface area contributed by atoms with Gasteiger partial charge in [-0.3, -0.25) is 14.4 Å². The number of amides is 3. The third-order valence-corrected chi connectivity index (χ3v) is 6.58. The van der Waals surface area contributed by atoms with Gasteiger partial charge in [0.05, 0.1) is 16.9 Å². The summed E-state index contributed by atoms with van der Waals surface area (Å²) in [6.45, 7) is 3.52. The lowest BCUT2D eigenvalue weighted by atomic mass is 10.1. The van der Waals surface area contributed by atoms with Crippen molar-refractivity contribution in [1.29, 1.82) is 0 Å². The monoisotopic (exact) mass is 648 g/mol. The van der Waals surface area contributed by atoms with Crippen LogP contribution in [0.15, 0.2) is 59.7 Å². The molecule has 3 aromatic rings. The minimum absolute atomic E-state index is 0.252. The van der Waals surface area contributed by atoms with Crippen molar-refractivity contribution < 1.29 is 23.9 Å². The smallest absolute Gasteiger partial charge is 0.329 e. The van der Waals surface area contributed by atoms with Gasteiger partial charge >= 0.3 is 11.8 Å². The summed E-state index contributed by atoms with van der Waals surface area (Å²) in [5.41, 5.74) is 5.64. The van der Waals surface area contributed by atoms with Gasteiger partial charge in [0.25, 0.3) is 5.91 Å². The lowest BCUT2D eigenvalue weighted by molar-refractivity contribution is -0.136. The van der Waals surface area contributed by atoms with Crippen LogP contribution in [0.2, 0.25) is 5.02 Å². The predicted octanol–water partition coefficient (Wildman–Crippen LogP) is 4.93. The first-order valence-corrected chi connectivity index (χ1v) is 13.0. The summed E-state index contributed by atoms with van der Waals surface area (Å²) in [4.78, 5) is 36.8. The Balaban J connectivity index is 1.60. The number of nitrogens with zero attached hydrogens (tertiary/aromatic N) is 1. The molecule has 3 amide bonds. The normalized spacial score (nSPS) is 10.7. The molecule has 3 rings (SSSR count). The molecule has 0 fully saturated rings. The van der Waals surface area contributed by atoms with E-state index in [4.69, 9.17) is 21.1 Å². The Kier molecular flexibility index (Phi) is 10.5. The van der Waals surface area contributed by atoms with Crippen LogP contribution in [-0.2, 0) is 20.8 Å². The maximum atomic E-state index is 12.4. The summed E-state index contributed by atoms with van der Waals surface area (Å²) in [6.07, 6.45) is 2.08. The van der Waals surface area contributed by atoms with Gasteiger partial charge in [0.2, 0.25) is 0 Å². The van der Waals surface area contributed by atoms with Gasteiger partial charge in [0.15, 0.2) is 18.1 Å². The van der Waals surface area contributed by atoms with Crippen LogP contribution in [-0.4, -0.2) is 37.7 Å². The van der Waals surface area contributed by atoms with Crippen LogP contribution in [0.5, 0.6) is 11.5 Å². The minimum Gasteiger partial charge on any atom is -0.493 e. The predicted molar refractivity (Wildman–Crippen MR) is 156 cm³/mol. The topological polar surface area (TPSA) is 118 Å². The number of halogens is 2. The van der Waals surface area contributed by atoms with Crippen molar-refractivity contribution in [3.8, 4) is 11.5 Å². The van der Waals surface area contributed by atoms with Gasteiger partial charge in [0.1, 0.15) is 0 Å². The number of carbonyl (C=O) groups is 3. The minimum atomic E-state index is -0.908. The number of hydrogen-bond donors (Lipinski definition) is 3. The Morgan fingerprint density at radius 2 is 1.76 bits per heavy atom. The zero-order valence-electron chi connectivity index (χ0n) is 20.9. The number of benzene rings is 3. The van der Waals surface area contributed by atoms with E-state index in [1.165, 1.54) is 13.3 Å². The van der Waals surface area contributed by atoms with E-state index < -0.39 is 11.8 Å². The summed E-state index contributed by atoms with van der Waals surface area (Å²) in [6, 6.07) is 15.8. The number of hydrazone groups is 1. The Morgan fingerprint density at radius 3 is 2.50 bits per heavy atom. The van der Waals surface area contributed by atoms with E-state index in [-0.39, 0.29) is 12.5 Å². The van der Waals surface area contributed by atoms with Gasteiger partial charge in [-0.2, -0.15) is 5.10 Å². The first-order chi connectivity index (χ1) is 18.2. The second kappa shape index (κ2) is 13.8. The van der Waals surface area contributed by atoms with Crippen molar-refractivity contribution in [2.24, 2.45) is 5.10 Å². The number of ether oxygens (including phenoxy) is 2. The summed E-state index contributed by atoms with van der Waals surface area (Å²) >= 11 is 8.15. The molecule has 0 aliphatic carbocycles. The van der Waals surface area contributed by atoms with Crippen LogP contribution in [0, 0.1) is 10.5 Å². The Hall–Kier alpha value is -3.64. The number of anilines is 2. The molecular formula is C27H26ClIN4O5. The van der Waals surface area contributed by atoms with E-state index in [1.54, 1.807) is 42.5 Å². The lowest BCUT2D eigenvalue weighted by Gasteiger charge is -2.14. The maximum Gasteiger partial charge on any atom is 0.329 e. The molecule has 0 saturated carbocycles. The third kappa shape index (κ3) is 7.68. The van der Waals surface area contributed by atoms with Crippen molar-refractivity contribution in [3.05, 3.63) is 79.9 Å². The summed E-state index contributed by atoms with van der Waals surface area (Å²) in [7, 11) is 1.47. The van der Waals surface area contributed by atoms with E-state index in [0.29, 0.717) is 43.5 Å². The number of methoxy groups -OCH3 is 1. The van der Waals surface area contributed by atoms with Crippen molar-refractivity contribution in [2.75, 3.05) is 24.4 Å². The fraction of sp³-hybridized carbons (Fsp3) is 0.185. The molecule has 0 radical (unpaired) electrons. The van der Waals surface area contributed by atoms with Crippen LogP contribution in [0.1, 0.15) is 23.6 Å². The number of carbonyl (C=O) groups excluding carboxylic acids is 3. The van der Waals surface area contributed by atoms with Crippen LogP contribution >= 0.6 is 34.2 Å². The highest BCUT2D eigenvalue weighted by Gasteiger charge is 2.16. The molecule has 0 atom stereocenters. The quantitative estimate of drug-likeness (QED) is 0.132. The van der Waals surface area contributed by atoms with Crippen LogP contribution in [0.25, 0.3) is 0 Å². The van der Waals surface area contributed by atoms with Gasteiger partial charge < -0.3 is 20.1 Å². The molecule has 38 heavy (non-hydrogen) atoms. The molecule has 0 spiro atoms. The van der Waals surface area contributed by atoms with Crippen LogP contribution < -0.4 is 25.5 Å². The zero-order valence-corrected chi connectivity index (χ0v) is 23.8. The van der Waals surface area contributed by atoms with Gasteiger partial charge in [-0.15, -0.1) is 0 Å². The molecule has 0 bridgehead atoms. The molecule has 3 N–H and O–H groups in total. The van der Waals surface area contributed by atoms with E-state index >= 15 is 0 Å². The highest BCUT2D eigenvalue weighted by molar-refractivity contribution is 14.1. The molecule has 11 heteroatoms. The molecule has 198 valence electrons. The summed E-state index contributed by atoms with van der Waals surface area (Å²) < 4.78 is 11.8. The number of hydrogen-bond acceptors (Lipinski definition) is 6. The van der Waals surface area contributed by atoms with E-state index in [9.17, 15) is 14.4 Å². The van der Waals surface area contributed by atoms with Crippen molar-refractivity contribution in [2.45, 2.75) is 20.3 Å². The van der Waals surface area contributed by atoms with Crippen molar-refractivity contribution >= 4 is 69.5 Å². The van der Waals surface area contributed by atoms with Crippen LogP contribution in [0.4, 0.5) is 11.4 Å². The second-order valence-electron chi connectivity index (χ2n) is 7.95. The molecule has 0 aliphatic rings. The number of rotatable bonds is 9. The number of para-hydroxylation sites is 1. The Morgan fingerprint density at radius 1 is 1.03 bits per heavy atom. The van der Waals surface area contributed by atoms with E-state index in [0.717, 1.165) is 11.1 Å². The second-order valence-corrected chi connectivity index (χ2v) is 9.52. The van der Waals surface area contributed by atoms with E-state index in [2.05, 4.69) is 21.2 Å². The van der Waals surface area contributed by atoms with Crippen molar-refractivity contribution in [3.63, 3.8) is 0 Å². The average molecular weight is 649 g/mol. The molecular weight excluding hydrogens is 623 g/mol. The Labute approximate surface area is 239 Å². The van der Waals surface area contributed by atoms with Gasteiger partial charge in [-0.05, 0) is 83.0 Å². The fourth-order valence-electron chi connectivity index (χ4n) is 3.37. The molecule has 0 unspecified atom stereocenters. The Bertz CT molecular complexity index is 1380. The highest BCUT2D eigenvalue weighted by atomic mass is 127. The van der Waals surface area contributed by atoms with Gasteiger partial charge in [-0.1, -0.05) is 42.8 Å². The van der Waals surface area contributed by atoms with Gasteiger partial charge in [0, 0.05) is 16.4 Å². The molecule has 9 nitrogen and oxygen atoms in total. The maximum absolute atomic E-state index is 12.4. The van der Waals surface area contributed by atoms with Crippen molar-refractivity contribution in [1.82, 2.24) is 5.43 Å². The molecule has 0 heterocycles. The SMILES string of the molecule is CCc1ccccc1NC(=O)C(=O)N/N=C\c1cc(I)c(OCC(=O)Nc2cccc(Cl)c2C)c(OC)c1.